The second-order valence-corrected chi connectivity index (χ2v) is 6.93. The summed E-state index contributed by atoms with van der Waals surface area (Å²) in [6.45, 7) is 0.133. The fraction of sp³-hybridized carbons (Fsp3) is 0.400. The summed E-state index contributed by atoms with van der Waals surface area (Å²) in [5, 5.41) is 8.78. The van der Waals surface area contributed by atoms with Gasteiger partial charge in [0.15, 0.2) is 4.67 Å². The van der Waals surface area contributed by atoms with E-state index in [9.17, 15) is 18.0 Å². The smallest absolute Gasteiger partial charge is 0.371 e. The SMILES string of the molecule is NC(=O)C1CCN(S(=O)(=O)c2cc(C(=O)O)oc2Br)C1. The maximum Gasteiger partial charge on any atom is 0.371 e. The lowest BCUT2D eigenvalue weighted by Crippen LogP contribution is -2.31. The largest absolute Gasteiger partial charge is 0.475 e. The third-order valence-corrected chi connectivity index (χ3v) is 5.76. The minimum absolute atomic E-state index is 0.0162. The van der Waals surface area contributed by atoms with Gasteiger partial charge in [-0.05, 0) is 22.4 Å². The molecular formula is C10H11BrN2O6S. The Hall–Kier alpha value is -1.39. The number of carbonyl (C=O) groups is 2. The molecule has 0 bridgehead atoms. The van der Waals surface area contributed by atoms with E-state index in [0.717, 1.165) is 10.4 Å². The van der Waals surface area contributed by atoms with Gasteiger partial charge in [0.25, 0.3) is 0 Å². The summed E-state index contributed by atoms with van der Waals surface area (Å²) in [6, 6.07) is 0.930. The van der Waals surface area contributed by atoms with Crippen LogP contribution in [0.25, 0.3) is 0 Å². The molecule has 1 unspecified atom stereocenters. The number of amides is 1. The van der Waals surface area contributed by atoms with Gasteiger partial charge in [-0.25, -0.2) is 13.2 Å². The van der Waals surface area contributed by atoms with Crippen molar-refractivity contribution in [2.75, 3.05) is 13.1 Å². The van der Waals surface area contributed by atoms with Crippen LogP contribution in [-0.4, -0.2) is 42.8 Å². The van der Waals surface area contributed by atoms with E-state index < -0.39 is 33.6 Å². The molecule has 110 valence electrons. The Morgan fingerprint density at radius 1 is 1.50 bits per heavy atom. The van der Waals surface area contributed by atoms with E-state index in [4.69, 9.17) is 15.3 Å². The Bertz CT molecular complexity index is 667. The lowest BCUT2D eigenvalue weighted by molar-refractivity contribution is -0.121. The number of carboxylic acids is 1. The first-order valence-electron chi connectivity index (χ1n) is 5.55. The molecule has 1 aromatic rings. The number of rotatable bonds is 4. The molecule has 1 aliphatic rings. The molecule has 1 aliphatic heterocycles. The zero-order chi connectivity index (χ0) is 15.1. The molecule has 1 aromatic heterocycles. The molecule has 1 fully saturated rings. The average molecular weight is 367 g/mol. The average Bonchev–Trinajstić information content (AvgIpc) is 2.94. The van der Waals surface area contributed by atoms with Crippen molar-refractivity contribution in [1.82, 2.24) is 4.31 Å². The molecule has 20 heavy (non-hydrogen) atoms. The van der Waals surface area contributed by atoms with E-state index >= 15 is 0 Å². The second-order valence-electron chi connectivity index (χ2n) is 4.30. The fourth-order valence-corrected chi connectivity index (χ4v) is 4.35. The molecule has 0 aromatic carbocycles. The summed E-state index contributed by atoms with van der Waals surface area (Å²) in [6.07, 6.45) is 0.343. The highest BCUT2D eigenvalue weighted by atomic mass is 79.9. The topological polar surface area (TPSA) is 131 Å². The van der Waals surface area contributed by atoms with E-state index in [1.54, 1.807) is 0 Å². The van der Waals surface area contributed by atoms with Crippen LogP contribution < -0.4 is 5.73 Å². The van der Waals surface area contributed by atoms with E-state index in [-0.39, 0.29) is 22.7 Å². The van der Waals surface area contributed by atoms with E-state index in [1.165, 1.54) is 0 Å². The highest BCUT2D eigenvalue weighted by molar-refractivity contribution is 9.10. The van der Waals surface area contributed by atoms with Crippen LogP contribution in [0.1, 0.15) is 17.0 Å². The number of nitrogens with zero attached hydrogens (tertiary/aromatic N) is 1. The van der Waals surface area contributed by atoms with E-state index in [2.05, 4.69) is 15.9 Å². The van der Waals surface area contributed by atoms with Gasteiger partial charge in [-0.3, -0.25) is 4.79 Å². The first-order valence-corrected chi connectivity index (χ1v) is 7.79. The summed E-state index contributed by atoms with van der Waals surface area (Å²) in [5.41, 5.74) is 5.15. The van der Waals surface area contributed by atoms with Crippen LogP contribution in [0.15, 0.2) is 20.0 Å². The van der Waals surface area contributed by atoms with Gasteiger partial charge in [-0.1, -0.05) is 0 Å². The lowest BCUT2D eigenvalue weighted by atomic mass is 10.1. The highest BCUT2D eigenvalue weighted by Gasteiger charge is 2.37. The van der Waals surface area contributed by atoms with Gasteiger partial charge in [0.2, 0.25) is 21.7 Å². The molecule has 0 spiro atoms. The number of sulfonamides is 1. The third-order valence-electron chi connectivity index (χ3n) is 3.04. The van der Waals surface area contributed by atoms with Crippen LogP contribution in [0, 0.1) is 5.92 Å². The zero-order valence-electron chi connectivity index (χ0n) is 10.1. The summed E-state index contributed by atoms with van der Waals surface area (Å²) < 4.78 is 30.4. The minimum Gasteiger partial charge on any atom is -0.475 e. The van der Waals surface area contributed by atoms with Crippen molar-refractivity contribution >= 4 is 37.8 Å². The lowest BCUT2D eigenvalue weighted by Gasteiger charge is -2.14. The van der Waals surface area contributed by atoms with Crippen molar-refractivity contribution in [1.29, 1.82) is 0 Å². The maximum atomic E-state index is 12.4. The van der Waals surface area contributed by atoms with E-state index in [0.29, 0.717) is 6.42 Å². The molecule has 8 nitrogen and oxygen atoms in total. The molecule has 0 aliphatic carbocycles. The van der Waals surface area contributed by atoms with Crippen molar-refractivity contribution < 1.29 is 27.5 Å². The molecule has 2 rings (SSSR count). The summed E-state index contributed by atoms with van der Waals surface area (Å²) in [5.74, 6) is -2.95. The van der Waals surface area contributed by atoms with Crippen molar-refractivity contribution in [3.05, 3.63) is 16.5 Å². The molecule has 1 saturated heterocycles. The predicted octanol–water partition coefficient (Wildman–Crippen LogP) is 0.236. The molecule has 0 radical (unpaired) electrons. The normalized spacial score (nSPS) is 20.1. The number of furan rings is 1. The minimum atomic E-state index is -3.93. The van der Waals surface area contributed by atoms with Crippen LogP contribution in [0.2, 0.25) is 0 Å². The zero-order valence-corrected chi connectivity index (χ0v) is 12.5. The molecule has 2 heterocycles. The van der Waals surface area contributed by atoms with Crippen LogP contribution in [0.4, 0.5) is 0 Å². The quantitative estimate of drug-likeness (QED) is 0.784. The fourth-order valence-electron chi connectivity index (χ4n) is 1.95. The summed E-state index contributed by atoms with van der Waals surface area (Å²) in [7, 11) is -3.93. The van der Waals surface area contributed by atoms with Gasteiger partial charge < -0.3 is 15.3 Å². The summed E-state index contributed by atoms with van der Waals surface area (Å²) in [4.78, 5) is 21.6. The van der Waals surface area contributed by atoms with Crippen molar-refractivity contribution in [2.45, 2.75) is 11.3 Å². The Morgan fingerprint density at radius 2 is 2.15 bits per heavy atom. The number of primary amides is 1. The van der Waals surface area contributed by atoms with Crippen LogP contribution in [-0.2, 0) is 14.8 Å². The van der Waals surface area contributed by atoms with Crippen molar-refractivity contribution in [2.24, 2.45) is 11.7 Å². The Kier molecular flexibility index (Phi) is 3.89. The van der Waals surface area contributed by atoms with Crippen LogP contribution in [0.5, 0.6) is 0 Å². The van der Waals surface area contributed by atoms with E-state index in [1.807, 2.05) is 0 Å². The van der Waals surface area contributed by atoms with Gasteiger partial charge >= 0.3 is 5.97 Å². The van der Waals surface area contributed by atoms with Gasteiger partial charge in [0.05, 0.1) is 5.92 Å². The van der Waals surface area contributed by atoms with Crippen LogP contribution >= 0.6 is 15.9 Å². The van der Waals surface area contributed by atoms with Gasteiger partial charge in [-0.15, -0.1) is 0 Å². The molecule has 10 heteroatoms. The molecule has 0 saturated carbocycles. The molecular weight excluding hydrogens is 356 g/mol. The first kappa shape index (κ1) is 15.0. The first-order chi connectivity index (χ1) is 9.23. The highest BCUT2D eigenvalue weighted by Crippen LogP contribution is 2.31. The predicted molar refractivity (Wildman–Crippen MR) is 69.4 cm³/mol. The Balaban J connectivity index is 2.32. The monoisotopic (exact) mass is 366 g/mol. The van der Waals surface area contributed by atoms with Crippen LogP contribution in [0.3, 0.4) is 0 Å². The molecule has 1 atom stereocenters. The molecule has 3 N–H and O–H groups in total. The standard InChI is InChI=1S/C10H11BrN2O6S/c11-8-7(3-6(19-8)10(15)16)20(17,18)13-2-1-5(4-13)9(12)14/h3,5H,1-2,4H2,(H2,12,14)(H,15,16). The number of aromatic carboxylic acids is 1. The number of nitrogens with two attached hydrogens (primary N) is 1. The number of halogens is 1. The van der Waals surface area contributed by atoms with Crippen molar-refractivity contribution in [3.8, 4) is 0 Å². The maximum absolute atomic E-state index is 12.4. The van der Waals surface area contributed by atoms with Gasteiger partial charge in [-0.2, -0.15) is 4.31 Å². The van der Waals surface area contributed by atoms with Gasteiger partial charge in [0.1, 0.15) is 4.90 Å². The number of hydrogen-bond acceptors (Lipinski definition) is 5. The number of carboxylic acid groups (broad SMARTS) is 1. The summed E-state index contributed by atoms with van der Waals surface area (Å²) >= 11 is 2.88. The van der Waals surface area contributed by atoms with Gasteiger partial charge in [0, 0.05) is 19.2 Å². The molecule has 1 amide bonds. The van der Waals surface area contributed by atoms with Crippen molar-refractivity contribution in [3.63, 3.8) is 0 Å². The Morgan fingerprint density at radius 3 is 2.60 bits per heavy atom. The Labute approximate surface area is 122 Å². The second kappa shape index (κ2) is 5.19. The number of carbonyl (C=O) groups excluding carboxylic acids is 1. The number of hydrogen-bond donors (Lipinski definition) is 2. The third kappa shape index (κ3) is 2.58.